The smallest absolute Gasteiger partial charge is 0.377 e. The van der Waals surface area contributed by atoms with Gasteiger partial charge in [0.2, 0.25) is 0 Å². The van der Waals surface area contributed by atoms with Crippen LogP contribution in [-0.2, 0) is 13.3 Å². The Balaban J connectivity index is 2.44. The van der Waals surface area contributed by atoms with E-state index in [0.29, 0.717) is 6.61 Å². The average Bonchev–Trinajstić information content (AvgIpc) is 2.41. The van der Waals surface area contributed by atoms with Crippen molar-refractivity contribution < 1.29 is 13.3 Å². The zero-order chi connectivity index (χ0) is 12.6. The minimum atomic E-state index is -2.41. The molecule has 0 aromatic heterocycles. The second-order valence-electron chi connectivity index (χ2n) is 3.57. The predicted octanol–water partition coefficient (Wildman–Crippen LogP) is 2.97. The summed E-state index contributed by atoms with van der Waals surface area (Å²) in [5.74, 6) is 0. The van der Waals surface area contributed by atoms with Gasteiger partial charge in [0.25, 0.3) is 0 Å². The van der Waals surface area contributed by atoms with Crippen molar-refractivity contribution in [1.29, 1.82) is 0 Å². The number of rotatable bonds is 7. The third-order valence-corrected chi connectivity index (χ3v) is 5.28. The fraction of sp³-hybridized carbons (Fsp3) is 0.385. The van der Waals surface area contributed by atoms with E-state index in [1.54, 1.807) is 14.2 Å². The van der Waals surface area contributed by atoms with Gasteiger partial charge in [0.1, 0.15) is 0 Å². The van der Waals surface area contributed by atoms with Crippen LogP contribution in [0.25, 0.3) is 6.08 Å². The van der Waals surface area contributed by atoms with Crippen molar-refractivity contribution >= 4 is 14.9 Å². The summed E-state index contributed by atoms with van der Waals surface area (Å²) in [7, 11) is 0.871. The first-order chi connectivity index (χ1) is 8.26. The molecular weight excluding hydrogens is 232 g/mol. The van der Waals surface area contributed by atoms with E-state index in [0.717, 1.165) is 11.6 Å². The molecule has 0 fully saturated rings. The highest BCUT2D eigenvalue weighted by Gasteiger charge is 2.36. The van der Waals surface area contributed by atoms with Crippen molar-refractivity contribution in [2.45, 2.75) is 13.0 Å². The molecule has 0 saturated heterocycles. The summed E-state index contributed by atoms with van der Waals surface area (Å²) in [5, 5.41) is 0. The lowest BCUT2D eigenvalue weighted by Gasteiger charge is -2.24. The lowest BCUT2D eigenvalue weighted by molar-refractivity contribution is 0.111. The van der Waals surface area contributed by atoms with Crippen LogP contribution in [-0.4, -0.2) is 29.6 Å². The van der Waals surface area contributed by atoms with Crippen molar-refractivity contribution in [3.8, 4) is 0 Å². The highest BCUT2D eigenvalue weighted by Crippen LogP contribution is 2.12. The molecule has 1 rings (SSSR count). The Hall–Kier alpha value is -0.943. The van der Waals surface area contributed by atoms with E-state index >= 15 is 0 Å². The predicted molar refractivity (Wildman–Crippen MR) is 71.7 cm³/mol. The van der Waals surface area contributed by atoms with E-state index in [4.69, 9.17) is 13.3 Å². The van der Waals surface area contributed by atoms with Gasteiger partial charge in [-0.25, -0.2) is 0 Å². The molecule has 94 valence electrons. The zero-order valence-electron chi connectivity index (χ0n) is 10.7. The summed E-state index contributed by atoms with van der Waals surface area (Å²) in [6, 6.07) is 10.9. The second-order valence-corrected chi connectivity index (χ2v) is 6.75. The molecule has 0 spiro atoms. The molecule has 0 heterocycles. The van der Waals surface area contributed by atoms with Gasteiger partial charge in [0, 0.05) is 20.3 Å². The van der Waals surface area contributed by atoms with Crippen LogP contribution in [0, 0.1) is 0 Å². The van der Waals surface area contributed by atoms with Crippen LogP contribution in [0.5, 0.6) is 0 Å². The van der Waals surface area contributed by atoms with Crippen LogP contribution in [0.2, 0.25) is 6.04 Å². The summed E-state index contributed by atoms with van der Waals surface area (Å²) < 4.78 is 16.4. The molecule has 0 unspecified atom stereocenters. The molecule has 0 aliphatic rings. The molecule has 3 nitrogen and oxygen atoms in total. The maximum absolute atomic E-state index is 5.71. The van der Waals surface area contributed by atoms with Gasteiger partial charge in [-0.1, -0.05) is 49.4 Å². The summed E-state index contributed by atoms with van der Waals surface area (Å²) in [5.41, 5.74) is 1.16. The fourth-order valence-corrected chi connectivity index (χ4v) is 3.05. The minimum Gasteiger partial charge on any atom is -0.377 e. The minimum absolute atomic E-state index is 0.511. The fourth-order valence-electron chi connectivity index (χ4n) is 1.52. The molecule has 1 aromatic rings. The molecule has 1 aromatic carbocycles. The topological polar surface area (TPSA) is 27.7 Å². The maximum atomic E-state index is 5.71. The van der Waals surface area contributed by atoms with Crippen LogP contribution < -0.4 is 0 Å². The molecule has 0 N–H and O–H groups in total. The molecule has 0 radical (unpaired) electrons. The molecule has 0 bridgehead atoms. The van der Waals surface area contributed by atoms with E-state index in [9.17, 15) is 0 Å². The van der Waals surface area contributed by atoms with Gasteiger partial charge in [-0.05, 0) is 5.56 Å². The lowest BCUT2D eigenvalue weighted by Crippen LogP contribution is -2.43. The van der Waals surface area contributed by atoms with E-state index < -0.39 is 8.80 Å². The van der Waals surface area contributed by atoms with Crippen molar-refractivity contribution in [1.82, 2.24) is 0 Å². The lowest BCUT2D eigenvalue weighted by atomic mass is 10.2. The van der Waals surface area contributed by atoms with E-state index in [-0.39, 0.29) is 0 Å². The number of hydrogen-bond donors (Lipinski definition) is 0. The SMILES string of the molecule is CC[Si](OC)(OC)OCC=Cc1ccccc1. The van der Waals surface area contributed by atoms with Gasteiger partial charge in [0.05, 0.1) is 6.61 Å². The van der Waals surface area contributed by atoms with Crippen molar-refractivity contribution in [3.05, 3.63) is 42.0 Å². The third kappa shape index (κ3) is 4.44. The zero-order valence-corrected chi connectivity index (χ0v) is 11.7. The van der Waals surface area contributed by atoms with E-state index in [1.165, 1.54) is 0 Å². The second kappa shape index (κ2) is 7.40. The van der Waals surface area contributed by atoms with Crippen LogP contribution in [0.1, 0.15) is 12.5 Å². The standard InChI is InChI=1S/C13H20O3Si/c1-4-17(14-2,15-3)16-12-8-11-13-9-6-5-7-10-13/h5-11H,4,12H2,1-3H3. The van der Waals surface area contributed by atoms with Gasteiger partial charge in [-0.2, -0.15) is 0 Å². The Bertz CT molecular complexity index is 326. The molecule has 0 atom stereocenters. The first-order valence-corrected chi connectivity index (χ1v) is 7.65. The van der Waals surface area contributed by atoms with Gasteiger partial charge >= 0.3 is 8.80 Å². The quantitative estimate of drug-likeness (QED) is 0.698. The average molecular weight is 252 g/mol. The normalized spacial score (nSPS) is 12.2. The Labute approximate surface area is 104 Å². The largest absolute Gasteiger partial charge is 0.500 e. The Morgan fingerprint density at radius 1 is 1.12 bits per heavy atom. The van der Waals surface area contributed by atoms with Crippen LogP contribution in [0.15, 0.2) is 36.4 Å². The van der Waals surface area contributed by atoms with E-state index in [2.05, 4.69) is 0 Å². The summed E-state index contributed by atoms with van der Waals surface area (Å²) in [6.45, 7) is 2.52. The molecule has 17 heavy (non-hydrogen) atoms. The summed E-state index contributed by atoms with van der Waals surface area (Å²) in [4.78, 5) is 0. The summed E-state index contributed by atoms with van der Waals surface area (Å²) in [6.07, 6.45) is 4.00. The van der Waals surface area contributed by atoms with Crippen LogP contribution in [0.4, 0.5) is 0 Å². The summed E-state index contributed by atoms with van der Waals surface area (Å²) >= 11 is 0. The van der Waals surface area contributed by atoms with Crippen molar-refractivity contribution in [2.75, 3.05) is 20.8 Å². The molecule has 4 heteroatoms. The van der Waals surface area contributed by atoms with Crippen LogP contribution >= 0.6 is 0 Å². The van der Waals surface area contributed by atoms with Gasteiger partial charge in [-0.3, -0.25) is 0 Å². The monoisotopic (exact) mass is 252 g/mol. The number of benzene rings is 1. The van der Waals surface area contributed by atoms with Crippen LogP contribution in [0.3, 0.4) is 0 Å². The van der Waals surface area contributed by atoms with Gasteiger partial charge in [0.15, 0.2) is 0 Å². The van der Waals surface area contributed by atoms with Gasteiger partial charge < -0.3 is 13.3 Å². The maximum Gasteiger partial charge on any atom is 0.500 e. The Morgan fingerprint density at radius 2 is 1.76 bits per heavy atom. The van der Waals surface area contributed by atoms with Gasteiger partial charge in [-0.15, -0.1) is 0 Å². The first kappa shape index (κ1) is 14.1. The van der Waals surface area contributed by atoms with Crippen molar-refractivity contribution in [2.24, 2.45) is 0 Å². The Morgan fingerprint density at radius 3 is 2.29 bits per heavy atom. The van der Waals surface area contributed by atoms with Crippen molar-refractivity contribution in [3.63, 3.8) is 0 Å². The highest BCUT2D eigenvalue weighted by molar-refractivity contribution is 6.60. The third-order valence-electron chi connectivity index (χ3n) is 2.56. The first-order valence-electron chi connectivity index (χ1n) is 5.72. The molecular formula is C13H20O3Si. The number of hydrogen-bond acceptors (Lipinski definition) is 3. The molecule has 0 saturated carbocycles. The molecule has 0 aliphatic carbocycles. The molecule has 0 aliphatic heterocycles. The molecule has 0 amide bonds. The highest BCUT2D eigenvalue weighted by atomic mass is 28.4. The van der Waals surface area contributed by atoms with E-state index in [1.807, 2.05) is 49.4 Å². The Kier molecular flexibility index (Phi) is 6.14.